The lowest BCUT2D eigenvalue weighted by Gasteiger charge is -2.35. The van der Waals surface area contributed by atoms with Gasteiger partial charge in [0.2, 0.25) is 17.7 Å². The number of halogens is 1. The van der Waals surface area contributed by atoms with Gasteiger partial charge in [0.25, 0.3) is 0 Å². The van der Waals surface area contributed by atoms with E-state index in [4.69, 9.17) is 0 Å². The maximum absolute atomic E-state index is 13.7. The molecule has 3 fully saturated rings. The maximum atomic E-state index is 13.7. The van der Waals surface area contributed by atoms with Gasteiger partial charge < -0.3 is 25.5 Å². The molecule has 3 saturated heterocycles. The van der Waals surface area contributed by atoms with E-state index in [1.165, 1.54) is 4.90 Å². The summed E-state index contributed by atoms with van der Waals surface area (Å²) in [7, 11) is 0. The van der Waals surface area contributed by atoms with E-state index >= 15 is 0 Å². The maximum Gasteiger partial charge on any atom is 0.248 e. The highest BCUT2D eigenvalue weighted by molar-refractivity contribution is 9.09. The Bertz CT molecular complexity index is 959. The lowest BCUT2D eigenvalue weighted by molar-refractivity contribution is -0.139. The van der Waals surface area contributed by atoms with Crippen molar-refractivity contribution < 1.29 is 19.5 Å². The number of aliphatic hydroxyl groups is 1. The fourth-order valence-corrected chi connectivity index (χ4v) is 9.61. The van der Waals surface area contributed by atoms with E-state index in [1.54, 1.807) is 11.8 Å². The van der Waals surface area contributed by atoms with Gasteiger partial charge in [-0.25, -0.2) is 0 Å². The van der Waals surface area contributed by atoms with Crippen LogP contribution >= 0.6 is 27.7 Å². The van der Waals surface area contributed by atoms with Crippen molar-refractivity contribution in [1.29, 1.82) is 0 Å². The minimum atomic E-state index is -0.756. The molecular formula is C25H35BrN4O4S. The van der Waals surface area contributed by atoms with E-state index in [0.29, 0.717) is 18.7 Å². The minimum absolute atomic E-state index is 0.0339. The summed E-state index contributed by atoms with van der Waals surface area (Å²) < 4.78 is -0.704. The van der Waals surface area contributed by atoms with Crippen LogP contribution in [0.2, 0.25) is 0 Å². The van der Waals surface area contributed by atoms with Crippen molar-refractivity contribution in [1.82, 2.24) is 10.2 Å². The summed E-state index contributed by atoms with van der Waals surface area (Å²) in [5.74, 6) is -1.67. The van der Waals surface area contributed by atoms with E-state index in [0.717, 1.165) is 25.2 Å². The van der Waals surface area contributed by atoms with Crippen molar-refractivity contribution in [2.45, 2.75) is 54.5 Å². The lowest BCUT2D eigenvalue weighted by atomic mass is 9.70. The number of hydrogen-bond donors (Lipinski definition) is 3. The number of alkyl halides is 1. The Labute approximate surface area is 219 Å². The first-order valence-electron chi connectivity index (χ1n) is 12.5. The fraction of sp³-hybridized carbons (Fsp3) is 0.640. The van der Waals surface area contributed by atoms with Gasteiger partial charge >= 0.3 is 0 Å². The number of anilines is 2. The van der Waals surface area contributed by atoms with Gasteiger partial charge in [0, 0.05) is 47.6 Å². The molecule has 0 saturated carbocycles. The highest BCUT2D eigenvalue weighted by Crippen LogP contribution is 2.67. The van der Waals surface area contributed by atoms with Crippen LogP contribution in [0.1, 0.15) is 33.6 Å². The summed E-state index contributed by atoms with van der Waals surface area (Å²) in [6.45, 7) is 8.36. The number of amides is 3. The molecule has 192 valence electrons. The molecule has 0 aromatic heterocycles. The number of fused-ring (bicyclic) bond motifs is 1. The predicted octanol–water partition coefficient (Wildman–Crippen LogP) is 2.45. The SMILES string of the molecule is CCCNC(=O)[C@H]1[C@H]2C(=O)N(CCO)C(C(=O)Nc3ccc(N(CC)CC)cc3)C23CC(Br)[C@@H]1S3. The van der Waals surface area contributed by atoms with E-state index < -0.39 is 22.6 Å². The summed E-state index contributed by atoms with van der Waals surface area (Å²) in [6.07, 6.45) is 1.43. The van der Waals surface area contributed by atoms with E-state index in [-0.39, 0.29) is 41.0 Å². The van der Waals surface area contributed by atoms with Crippen LogP contribution in [0.5, 0.6) is 0 Å². The van der Waals surface area contributed by atoms with Crippen LogP contribution in [-0.2, 0) is 14.4 Å². The zero-order valence-corrected chi connectivity index (χ0v) is 22.9. The van der Waals surface area contributed by atoms with Gasteiger partial charge in [0.15, 0.2) is 0 Å². The molecule has 8 nitrogen and oxygen atoms in total. The number of carbonyl (C=O) groups is 3. The van der Waals surface area contributed by atoms with E-state index in [2.05, 4.69) is 45.3 Å². The van der Waals surface area contributed by atoms with E-state index in [9.17, 15) is 19.5 Å². The second kappa shape index (κ2) is 10.7. The Morgan fingerprint density at radius 2 is 1.89 bits per heavy atom. The summed E-state index contributed by atoms with van der Waals surface area (Å²) in [5.41, 5.74) is 1.74. The van der Waals surface area contributed by atoms with Crippen LogP contribution in [0, 0.1) is 11.8 Å². The lowest BCUT2D eigenvalue weighted by Crippen LogP contribution is -2.53. The van der Waals surface area contributed by atoms with Crippen LogP contribution in [0.4, 0.5) is 11.4 Å². The average Bonchev–Trinajstić information content (AvgIpc) is 3.43. The van der Waals surface area contributed by atoms with Gasteiger partial charge in [-0.3, -0.25) is 14.4 Å². The van der Waals surface area contributed by atoms with Gasteiger partial charge in [-0.2, -0.15) is 0 Å². The Balaban J connectivity index is 1.62. The highest BCUT2D eigenvalue weighted by atomic mass is 79.9. The average molecular weight is 568 g/mol. The van der Waals surface area contributed by atoms with Crippen LogP contribution < -0.4 is 15.5 Å². The highest BCUT2D eigenvalue weighted by Gasteiger charge is 2.75. The molecule has 3 heterocycles. The monoisotopic (exact) mass is 566 g/mol. The molecule has 3 N–H and O–H groups in total. The van der Waals surface area contributed by atoms with Gasteiger partial charge in [0.1, 0.15) is 6.04 Å². The Hall–Kier alpha value is -1.78. The van der Waals surface area contributed by atoms with Crippen molar-refractivity contribution >= 4 is 56.8 Å². The van der Waals surface area contributed by atoms with Gasteiger partial charge in [-0.15, -0.1) is 11.8 Å². The number of benzene rings is 1. The Morgan fingerprint density at radius 1 is 1.20 bits per heavy atom. The third kappa shape index (κ3) is 4.46. The van der Waals surface area contributed by atoms with Crippen molar-refractivity contribution in [3.63, 3.8) is 0 Å². The largest absolute Gasteiger partial charge is 0.395 e. The van der Waals surface area contributed by atoms with Crippen LogP contribution in [-0.4, -0.2) is 81.4 Å². The van der Waals surface area contributed by atoms with Crippen molar-refractivity contribution in [3.05, 3.63) is 24.3 Å². The summed E-state index contributed by atoms with van der Waals surface area (Å²) in [6, 6.07) is 6.96. The number of β-amino-alcohol motifs (C(OH)–C–C–N with tert-alkyl or cyclic N) is 1. The topological polar surface area (TPSA) is 102 Å². The molecule has 3 amide bonds. The smallest absolute Gasteiger partial charge is 0.248 e. The normalized spacial score (nSPS) is 30.9. The molecule has 3 aliphatic rings. The number of thioether (sulfide) groups is 1. The molecule has 10 heteroatoms. The number of nitrogens with one attached hydrogen (secondary N) is 2. The second-order valence-corrected chi connectivity index (χ2v) is 12.1. The molecule has 2 bridgehead atoms. The number of likely N-dealkylation sites (tertiary alicyclic amines) is 1. The fourth-order valence-electron chi connectivity index (χ4n) is 6.00. The predicted molar refractivity (Wildman–Crippen MR) is 143 cm³/mol. The molecular weight excluding hydrogens is 532 g/mol. The zero-order chi connectivity index (χ0) is 25.3. The third-order valence-electron chi connectivity index (χ3n) is 7.49. The molecule has 6 atom stereocenters. The van der Waals surface area contributed by atoms with Gasteiger partial charge in [0.05, 0.1) is 23.2 Å². The second-order valence-electron chi connectivity index (χ2n) is 9.42. The number of rotatable bonds is 10. The number of aliphatic hydroxyl groups excluding tert-OH is 1. The first kappa shape index (κ1) is 26.3. The van der Waals surface area contributed by atoms with Crippen LogP contribution in [0.15, 0.2) is 24.3 Å². The molecule has 35 heavy (non-hydrogen) atoms. The molecule has 1 spiro atoms. The quantitative estimate of drug-likeness (QED) is 0.376. The van der Waals surface area contributed by atoms with Crippen molar-refractivity contribution in [2.75, 3.05) is 43.0 Å². The van der Waals surface area contributed by atoms with E-state index in [1.807, 2.05) is 31.2 Å². The standard InChI is InChI=1S/C25H35BrN4O4S/c1-4-11-27-22(32)18-19-24(34)30(12-13-31)21(25(19)14-17(26)20(18)35-25)23(33)28-15-7-9-16(10-8-15)29(5-2)6-3/h7-10,17-21,31H,4-6,11-14H2,1-3H3,(H,27,32)(H,28,33)/t17?,18-,19-,20-,21?,25?/m0/s1. The molecule has 1 aromatic rings. The van der Waals surface area contributed by atoms with Crippen molar-refractivity contribution in [2.24, 2.45) is 11.8 Å². The minimum Gasteiger partial charge on any atom is -0.395 e. The number of nitrogens with zero attached hydrogens (tertiary/aromatic N) is 2. The molecule has 0 radical (unpaired) electrons. The molecule has 4 rings (SSSR count). The molecule has 0 aliphatic carbocycles. The zero-order valence-electron chi connectivity index (χ0n) is 20.5. The number of hydrogen-bond acceptors (Lipinski definition) is 6. The number of carbonyl (C=O) groups excluding carboxylic acids is 3. The Kier molecular flexibility index (Phi) is 8.02. The first-order valence-corrected chi connectivity index (χ1v) is 14.3. The first-order chi connectivity index (χ1) is 16.8. The van der Waals surface area contributed by atoms with Crippen molar-refractivity contribution in [3.8, 4) is 0 Å². The van der Waals surface area contributed by atoms with Gasteiger partial charge in [-0.05, 0) is 51.0 Å². The Morgan fingerprint density at radius 3 is 2.49 bits per heavy atom. The molecule has 1 aromatic carbocycles. The van der Waals surface area contributed by atoms with Crippen LogP contribution in [0.3, 0.4) is 0 Å². The molecule has 3 aliphatic heterocycles. The van der Waals surface area contributed by atoms with Crippen LogP contribution in [0.25, 0.3) is 0 Å². The third-order valence-corrected chi connectivity index (χ3v) is 10.7. The summed E-state index contributed by atoms with van der Waals surface area (Å²) in [4.78, 5) is 44.2. The summed E-state index contributed by atoms with van der Waals surface area (Å²) in [5, 5.41) is 15.6. The molecule has 3 unspecified atom stereocenters. The summed E-state index contributed by atoms with van der Waals surface area (Å²) >= 11 is 5.35. The van der Waals surface area contributed by atoms with Gasteiger partial charge in [-0.1, -0.05) is 22.9 Å².